The highest BCUT2D eigenvalue weighted by Crippen LogP contribution is 2.21. The lowest BCUT2D eigenvalue weighted by molar-refractivity contribution is 0.112. The predicted molar refractivity (Wildman–Crippen MR) is 36.0 cm³/mol. The van der Waals surface area contributed by atoms with Crippen LogP contribution in [0.2, 0.25) is 0 Å². The minimum atomic E-state index is -0.208. The van der Waals surface area contributed by atoms with Crippen molar-refractivity contribution in [3.05, 3.63) is 0 Å². The van der Waals surface area contributed by atoms with Crippen molar-refractivity contribution >= 4 is 11.8 Å². The normalized spacial score (nSPS) is 35.8. The Bertz CT molecular complexity index is 198. The van der Waals surface area contributed by atoms with E-state index in [1.54, 1.807) is 13.8 Å². The summed E-state index contributed by atoms with van der Waals surface area (Å²) < 4.78 is 10.4. The zero-order valence-electron chi connectivity index (χ0n) is 5.87. The molecule has 0 N–H and O–H groups in total. The Hall–Kier alpha value is -1.06. The van der Waals surface area contributed by atoms with Crippen LogP contribution in [0.3, 0.4) is 0 Å². The number of rotatable bonds is 0. The molecule has 0 saturated heterocycles. The van der Waals surface area contributed by atoms with Gasteiger partial charge in [-0.2, -0.15) is 0 Å². The smallest absolute Gasteiger partial charge is 0.251 e. The highest BCUT2D eigenvalue weighted by atomic mass is 16.6. The SMILES string of the molecule is CC1=NC2OC(C)=NC2O1. The van der Waals surface area contributed by atoms with Crippen LogP contribution in [0.25, 0.3) is 0 Å². The number of fused-ring (bicyclic) bond motifs is 1. The van der Waals surface area contributed by atoms with Crippen LogP contribution >= 0.6 is 0 Å². The fourth-order valence-electron chi connectivity index (χ4n) is 1.07. The molecule has 0 aliphatic carbocycles. The zero-order chi connectivity index (χ0) is 7.14. The lowest BCUT2D eigenvalue weighted by Crippen LogP contribution is -2.15. The summed E-state index contributed by atoms with van der Waals surface area (Å²) in [6, 6.07) is 0. The predicted octanol–water partition coefficient (Wildman–Crippen LogP) is 0.536. The van der Waals surface area contributed by atoms with Crippen molar-refractivity contribution in [2.24, 2.45) is 9.98 Å². The van der Waals surface area contributed by atoms with Gasteiger partial charge in [0, 0.05) is 13.8 Å². The molecule has 2 unspecified atom stereocenters. The standard InChI is InChI=1S/C6H8N2O2/c1-3-7-5-6(9-3)8-4(2)10-5/h5-6H,1-2H3. The summed E-state index contributed by atoms with van der Waals surface area (Å²) in [4.78, 5) is 8.12. The van der Waals surface area contributed by atoms with Crippen LogP contribution < -0.4 is 0 Å². The first-order chi connectivity index (χ1) is 4.75. The Morgan fingerprint density at radius 1 is 1.00 bits per heavy atom. The molecule has 2 aliphatic rings. The average molecular weight is 140 g/mol. The molecule has 54 valence electrons. The van der Waals surface area contributed by atoms with Crippen molar-refractivity contribution in [2.45, 2.75) is 26.3 Å². The van der Waals surface area contributed by atoms with Crippen LogP contribution in [0.15, 0.2) is 9.98 Å². The fraction of sp³-hybridized carbons (Fsp3) is 0.667. The second kappa shape index (κ2) is 1.71. The molecule has 0 aromatic carbocycles. The molecule has 0 aromatic heterocycles. The van der Waals surface area contributed by atoms with Gasteiger partial charge in [-0.3, -0.25) is 0 Å². The first-order valence-electron chi connectivity index (χ1n) is 3.18. The molecule has 0 amide bonds. The summed E-state index contributed by atoms with van der Waals surface area (Å²) in [6.45, 7) is 3.60. The molecule has 2 aliphatic heterocycles. The van der Waals surface area contributed by atoms with Crippen molar-refractivity contribution in [2.75, 3.05) is 0 Å². The van der Waals surface area contributed by atoms with Crippen LogP contribution in [-0.4, -0.2) is 24.3 Å². The molecule has 0 aromatic rings. The van der Waals surface area contributed by atoms with Crippen molar-refractivity contribution in [3.63, 3.8) is 0 Å². The van der Waals surface area contributed by atoms with Crippen molar-refractivity contribution in [3.8, 4) is 0 Å². The van der Waals surface area contributed by atoms with E-state index in [-0.39, 0.29) is 12.5 Å². The van der Waals surface area contributed by atoms with E-state index in [1.807, 2.05) is 0 Å². The molecular weight excluding hydrogens is 132 g/mol. The third-order valence-electron chi connectivity index (χ3n) is 1.44. The Balaban J connectivity index is 2.17. The van der Waals surface area contributed by atoms with Gasteiger partial charge in [-0.05, 0) is 0 Å². The van der Waals surface area contributed by atoms with Gasteiger partial charge in [-0.1, -0.05) is 0 Å². The number of hydrogen-bond donors (Lipinski definition) is 0. The van der Waals surface area contributed by atoms with Crippen molar-refractivity contribution < 1.29 is 9.47 Å². The maximum atomic E-state index is 5.19. The Labute approximate surface area is 58.6 Å². The number of ether oxygens (including phenoxy) is 2. The van der Waals surface area contributed by atoms with Gasteiger partial charge in [0.15, 0.2) is 11.8 Å². The van der Waals surface area contributed by atoms with E-state index in [1.165, 1.54) is 0 Å². The molecule has 4 nitrogen and oxygen atoms in total. The van der Waals surface area contributed by atoms with E-state index in [2.05, 4.69) is 9.98 Å². The molecule has 2 heterocycles. The van der Waals surface area contributed by atoms with E-state index < -0.39 is 0 Å². The lowest BCUT2D eigenvalue weighted by Gasteiger charge is -2.02. The quantitative estimate of drug-likeness (QED) is 0.492. The van der Waals surface area contributed by atoms with Gasteiger partial charge >= 0.3 is 0 Å². The molecule has 2 rings (SSSR count). The molecule has 0 fully saturated rings. The maximum Gasteiger partial charge on any atom is 0.251 e. The molecular formula is C6H8N2O2. The van der Waals surface area contributed by atoms with Gasteiger partial charge in [-0.25, -0.2) is 9.98 Å². The first-order valence-corrected chi connectivity index (χ1v) is 3.18. The summed E-state index contributed by atoms with van der Waals surface area (Å²) in [7, 11) is 0. The van der Waals surface area contributed by atoms with Gasteiger partial charge in [-0.15, -0.1) is 0 Å². The summed E-state index contributed by atoms with van der Waals surface area (Å²) in [6.07, 6.45) is -0.417. The Kier molecular flexibility index (Phi) is 0.977. The molecule has 0 radical (unpaired) electrons. The summed E-state index contributed by atoms with van der Waals surface area (Å²) in [5.41, 5.74) is 0. The van der Waals surface area contributed by atoms with E-state index in [0.717, 1.165) is 0 Å². The van der Waals surface area contributed by atoms with E-state index in [0.29, 0.717) is 11.8 Å². The molecule has 2 atom stereocenters. The zero-order valence-corrected chi connectivity index (χ0v) is 5.87. The summed E-state index contributed by atoms with van der Waals surface area (Å²) >= 11 is 0. The highest BCUT2D eigenvalue weighted by molar-refractivity contribution is 5.79. The van der Waals surface area contributed by atoms with Gasteiger partial charge < -0.3 is 9.47 Å². The maximum absolute atomic E-state index is 5.19. The highest BCUT2D eigenvalue weighted by Gasteiger charge is 2.35. The van der Waals surface area contributed by atoms with E-state index in [4.69, 9.17) is 9.47 Å². The third kappa shape index (κ3) is 0.683. The number of hydrogen-bond acceptors (Lipinski definition) is 4. The molecule has 0 spiro atoms. The number of aliphatic imine (C=N–C) groups is 2. The summed E-state index contributed by atoms with van der Waals surface area (Å²) in [5, 5.41) is 0. The molecule has 0 bridgehead atoms. The molecule has 10 heavy (non-hydrogen) atoms. The van der Waals surface area contributed by atoms with E-state index >= 15 is 0 Å². The van der Waals surface area contributed by atoms with Gasteiger partial charge in [0.1, 0.15) is 0 Å². The fourth-order valence-corrected chi connectivity index (χ4v) is 1.07. The van der Waals surface area contributed by atoms with E-state index in [9.17, 15) is 0 Å². The second-order valence-corrected chi connectivity index (χ2v) is 2.31. The van der Waals surface area contributed by atoms with Gasteiger partial charge in [0.25, 0.3) is 12.5 Å². The van der Waals surface area contributed by atoms with Crippen molar-refractivity contribution in [1.82, 2.24) is 0 Å². The monoisotopic (exact) mass is 140 g/mol. The second-order valence-electron chi connectivity index (χ2n) is 2.31. The third-order valence-corrected chi connectivity index (χ3v) is 1.44. The van der Waals surface area contributed by atoms with Crippen LogP contribution in [0.5, 0.6) is 0 Å². The Morgan fingerprint density at radius 3 is 1.80 bits per heavy atom. The van der Waals surface area contributed by atoms with Crippen molar-refractivity contribution in [1.29, 1.82) is 0 Å². The van der Waals surface area contributed by atoms with Gasteiger partial charge in [0.05, 0.1) is 0 Å². The molecule has 0 saturated carbocycles. The molecule has 4 heteroatoms. The van der Waals surface area contributed by atoms with Gasteiger partial charge in [0.2, 0.25) is 0 Å². The largest absolute Gasteiger partial charge is 0.450 e. The van der Waals surface area contributed by atoms with Crippen LogP contribution in [-0.2, 0) is 9.47 Å². The number of nitrogens with zero attached hydrogens (tertiary/aromatic N) is 2. The average Bonchev–Trinajstić information content (AvgIpc) is 2.21. The van der Waals surface area contributed by atoms with Crippen LogP contribution in [0.1, 0.15) is 13.8 Å². The van der Waals surface area contributed by atoms with Crippen LogP contribution in [0, 0.1) is 0 Å². The minimum Gasteiger partial charge on any atom is -0.450 e. The topological polar surface area (TPSA) is 43.2 Å². The van der Waals surface area contributed by atoms with Crippen LogP contribution in [0.4, 0.5) is 0 Å². The summed E-state index contributed by atoms with van der Waals surface area (Å²) in [5.74, 6) is 1.32. The Morgan fingerprint density at radius 2 is 1.40 bits per heavy atom. The lowest BCUT2D eigenvalue weighted by atomic mass is 10.5. The first kappa shape index (κ1) is 5.70. The minimum absolute atomic E-state index is 0.208.